The molecule has 0 saturated heterocycles. The number of amides is 1. The van der Waals surface area contributed by atoms with Crippen molar-refractivity contribution in [3.8, 4) is 5.75 Å². The number of para-hydroxylation sites is 1. The molecule has 0 heterocycles. The van der Waals surface area contributed by atoms with E-state index in [1.807, 2.05) is 6.92 Å². The monoisotopic (exact) mass is 487 g/mol. The summed E-state index contributed by atoms with van der Waals surface area (Å²) in [5.74, 6) is -0.792. The first-order chi connectivity index (χ1) is 14.3. The van der Waals surface area contributed by atoms with Crippen LogP contribution in [0.25, 0.3) is 0 Å². The molecule has 9 heteroatoms. The van der Waals surface area contributed by atoms with Crippen molar-refractivity contribution in [3.05, 3.63) is 87.9 Å². The topological polar surface area (TPSA) is 108 Å². The number of aryl methyl sites for hydroxylation is 1. The van der Waals surface area contributed by atoms with E-state index in [4.69, 9.17) is 0 Å². The first kappa shape index (κ1) is 21.5. The number of halogens is 1. The lowest BCUT2D eigenvalue weighted by molar-refractivity contribution is 0.0952. The van der Waals surface area contributed by atoms with Crippen molar-refractivity contribution < 1.29 is 18.3 Å². The molecular formula is C21H18BrN3O4S. The molecule has 154 valence electrons. The minimum absolute atomic E-state index is 0.0508. The highest BCUT2D eigenvalue weighted by molar-refractivity contribution is 9.10. The van der Waals surface area contributed by atoms with Crippen molar-refractivity contribution in [1.29, 1.82) is 0 Å². The lowest BCUT2D eigenvalue weighted by Gasteiger charge is -2.10. The van der Waals surface area contributed by atoms with Crippen molar-refractivity contribution in [2.45, 2.75) is 11.8 Å². The van der Waals surface area contributed by atoms with E-state index in [0.29, 0.717) is 15.7 Å². The fourth-order valence-electron chi connectivity index (χ4n) is 2.53. The number of rotatable bonds is 6. The van der Waals surface area contributed by atoms with Crippen LogP contribution in [0.4, 0.5) is 5.69 Å². The van der Waals surface area contributed by atoms with Gasteiger partial charge in [-0.25, -0.2) is 13.8 Å². The van der Waals surface area contributed by atoms with Crippen LogP contribution in [0.5, 0.6) is 5.75 Å². The van der Waals surface area contributed by atoms with Crippen LogP contribution >= 0.6 is 15.9 Å². The zero-order valence-corrected chi connectivity index (χ0v) is 18.2. The van der Waals surface area contributed by atoms with Crippen LogP contribution < -0.4 is 10.1 Å². The van der Waals surface area contributed by atoms with Gasteiger partial charge in [-0.05, 0) is 43.3 Å². The molecule has 0 aliphatic rings. The van der Waals surface area contributed by atoms with Gasteiger partial charge in [0.1, 0.15) is 5.75 Å². The summed E-state index contributed by atoms with van der Waals surface area (Å²) in [7, 11) is -3.78. The Morgan fingerprint density at radius 1 is 1.07 bits per heavy atom. The van der Waals surface area contributed by atoms with Crippen molar-refractivity contribution in [2.75, 3.05) is 4.72 Å². The lowest BCUT2D eigenvalue weighted by atomic mass is 10.2. The predicted molar refractivity (Wildman–Crippen MR) is 119 cm³/mol. The standard InChI is InChI=1S/C21H18BrN3O4S/c1-14-6-9-17(10-7-14)30(28,29)25-19-5-3-2-4-15(19)13-23-24-21(27)18-12-16(22)8-11-20(18)26/h2-13,25-26H,1H3,(H,24,27)/b23-13-. The summed E-state index contributed by atoms with van der Waals surface area (Å²) in [6.45, 7) is 1.87. The number of hydrogen-bond donors (Lipinski definition) is 3. The second-order valence-corrected chi connectivity index (χ2v) is 8.96. The highest BCUT2D eigenvalue weighted by Gasteiger charge is 2.15. The smallest absolute Gasteiger partial charge is 0.275 e. The summed E-state index contributed by atoms with van der Waals surface area (Å²) in [6, 6.07) is 17.6. The minimum atomic E-state index is -3.78. The lowest BCUT2D eigenvalue weighted by Crippen LogP contribution is -2.18. The summed E-state index contributed by atoms with van der Waals surface area (Å²) < 4.78 is 28.4. The number of phenolic OH excluding ortho intramolecular Hbond substituents is 1. The molecular weight excluding hydrogens is 470 g/mol. The SMILES string of the molecule is Cc1ccc(S(=O)(=O)Nc2ccccc2/C=N\NC(=O)c2cc(Br)ccc2O)cc1. The summed E-state index contributed by atoms with van der Waals surface area (Å²) in [6.07, 6.45) is 1.32. The number of phenols is 1. The van der Waals surface area contributed by atoms with Gasteiger partial charge in [-0.1, -0.05) is 51.8 Å². The Balaban J connectivity index is 1.77. The Morgan fingerprint density at radius 2 is 1.77 bits per heavy atom. The number of benzene rings is 3. The molecule has 0 saturated carbocycles. The zero-order valence-electron chi connectivity index (χ0n) is 15.8. The third kappa shape index (κ3) is 5.25. The number of anilines is 1. The fraction of sp³-hybridized carbons (Fsp3) is 0.0476. The fourth-order valence-corrected chi connectivity index (χ4v) is 3.98. The van der Waals surface area contributed by atoms with Gasteiger partial charge in [-0.2, -0.15) is 5.10 Å². The van der Waals surface area contributed by atoms with Crippen LogP contribution in [0.1, 0.15) is 21.5 Å². The maximum Gasteiger partial charge on any atom is 0.275 e. The molecule has 0 bridgehead atoms. The van der Waals surface area contributed by atoms with E-state index in [-0.39, 0.29) is 16.2 Å². The predicted octanol–water partition coefficient (Wildman–Crippen LogP) is 4.03. The highest BCUT2D eigenvalue weighted by atomic mass is 79.9. The summed E-state index contributed by atoms with van der Waals surface area (Å²) in [4.78, 5) is 12.4. The van der Waals surface area contributed by atoms with Crippen molar-refractivity contribution in [3.63, 3.8) is 0 Å². The summed E-state index contributed by atoms with van der Waals surface area (Å²) in [5, 5.41) is 13.7. The van der Waals surface area contributed by atoms with Gasteiger partial charge in [0.25, 0.3) is 15.9 Å². The van der Waals surface area contributed by atoms with E-state index in [1.165, 1.54) is 30.5 Å². The molecule has 3 aromatic rings. The van der Waals surface area contributed by atoms with Gasteiger partial charge >= 0.3 is 0 Å². The quantitative estimate of drug-likeness (QED) is 0.360. The first-order valence-electron chi connectivity index (χ1n) is 8.77. The molecule has 3 aromatic carbocycles. The van der Waals surface area contributed by atoms with E-state index in [9.17, 15) is 18.3 Å². The number of carbonyl (C=O) groups excluding carboxylic acids is 1. The largest absolute Gasteiger partial charge is 0.507 e. The van der Waals surface area contributed by atoms with Gasteiger partial charge in [0.15, 0.2) is 0 Å². The van der Waals surface area contributed by atoms with Gasteiger partial charge in [-0.3, -0.25) is 9.52 Å². The Hall–Kier alpha value is -3.17. The maximum atomic E-state index is 12.6. The van der Waals surface area contributed by atoms with E-state index in [2.05, 4.69) is 31.2 Å². The van der Waals surface area contributed by atoms with Gasteiger partial charge in [0, 0.05) is 10.0 Å². The molecule has 0 atom stereocenters. The first-order valence-corrected chi connectivity index (χ1v) is 11.0. The second-order valence-electron chi connectivity index (χ2n) is 6.37. The zero-order chi connectivity index (χ0) is 21.7. The van der Waals surface area contributed by atoms with E-state index < -0.39 is 15.9 Å². The number of hydrazone groups is 1. The number of hydrogen-bond acceptors (Lipinski definition) is 5. The van der Waals surface area contributed by atoms with Crippen LogP contribution in [0.3, 0.4) is 0 Å². The molecule has 0 aliphatic heterocycles. The highest BCUT2D eigenvalue weighted by Crippen LogP contribution is 2.22. The Bertz CT molecular complexity index is 1210. The molecule has 0 radical (unpaired) electrons. The van der Waals surface area contributed by atoms with E-state index in [1.54, 1.807) is 42.5 Å². The van der Waals surface area contributed by atoms with Crippen LogP contribution in [-0.2, 0) is 10.0 Å². The molecule has 0 aliphatic carbocycles. The molecule has 30 heavy (non-hydrogen) atoms. The Labute approximate surface area is 182 Å². The van der Waals surface area contributed by atoms with Gasteiger partial charge in [0.05, 0.1) is 22.4 Å². The van der Waals surface area contributed by atoms with Crippen molar-refractivity contribution in [2.24, 2.45) is 5.10 Å². The molecule has 0 aromatic heterocycles. The number of sulfonamides is 1. The summed E-state index contributed by atoms with van der Waals surface area (Å²) >= 11 is 3.24. The van der Waals surface area contributed by atoms with Gasteiger partial charge in [0.2, 0.25) is 0 Å². The minimum Gasteiger partial charge on any atom is -0.507 e. The van der Waals surface area contributed by atoms with Crippen LogP contribution in [-0.4, -0.2) is 25.6 Å². The molecule has 0 unspecified atom stereocenters. The molecule has 3 rings (SSSR count). The second kappa shape index (κ2) is 9.10. The summed E-state index contributed by atoms with van der Waals surface area (Å²) in [5.41, 5.74) is 4.08. The molecule has 0 spiro atoms. The van der Waals surface area contributed by atoms with Crippen molar-refractivity contribution in [1.82, 2.24) is 5.43 Å². The number of nitrogens with zero attached hydrogens (tertiary/aromatic N) is 1. The van der Waals surface area contributed by atoms with Crippen molar-refractivity contribution >= 4 is 43.8 Å². The van der Waals surface area contributed by atoms with Crippen LogP contribution in [0.15, 0.2) is 81.2 Å². The average molecular weight is 488 g/mol. The third-order valence-electron chi connectivity index (χ3n) is 4.11. The Kier molecular flexibility index (Phi) is 6.53. The molecule has 7 nitrogen and oxygen atoms in total. The third-order valence-corrected chi connectivity index (χ3v) is 5.98. The van der Waals surface area contributed by atoms with E-state index in [0.717, 1.165) is 5.56 Å². The van der Waals surface area contributed by atoms with Gasteiger partial charge in [-0.15, -0.1) is 0 Å². The molecule has 0 fully saturated rings. The number of carbonyl (C=O) groups is 1. The average Bonchev–Trinajstić information content (AvgIpc) is 2.71. The maximum absolute atomic E-state index is 12.6. The molecule has 3 N–H and O–H groups in total. The van der Waals surface area contributed by atoms with Crippen LogP contribution in [0, 0.1) is 6.92 Å². The normalized spacial score (nSPS) is 11.4. The van der Waals surface area contributed by atoms with E-state index >= 15 is 0 Å². The van der Waals surface area contributed by atoms with Gasteiger partial charge < -0.3 is 5.11 Å². The molecule has 1 amide bonds. The Morgan fingerprint density at radius 3 is 2.50 bits per heavy atom. The van der Waals surface area contributed by atoms with Crippen LogP contribution in [0.2, 0.25) is 0 Å². The number of nitrogens with one attached hydrogen (secondary N) is 2. The number of aromatic hydroxyl groups is 1.